The van der Waals surface area contributed by atoms with Gasteiger partial charge in [-0.2, -0.15) is 0 Å². The molecule has 128 valence electrons. The van der Waals surface area contributed by atoms with Crippen LogP contribution >= 0.6 is 11.3 Å². The summed E-state index contributed by atoms with van der Waals surface area (Å²) in [5.41, 5.74) is 0.975. The Morgan fingerprint density at radius 2 is 2.12 bits per heavy atom. The largest absolute Gasteiger partial charge is 0.478 e. The van der Waals surface area contributed by atoms with Crippen LogP contribution in [0.15, 0.2) is 29.9 Å². The number of anilines is 1. The van der Waals surface area contributed by atoms with Gasteiger partial charge in [-0.1, -0.05) is 0 Å². The average Bonchev–Trinajstić information content (AvgIpc) is 3.15. The van der Waals surface area contributed by atoms with E-state index in [4.69, 9.17) is 4.74 Å². The molecule has 2 amide bonds. The Balaban J connectivity index is 1.47. The number of nitrogens with zero attached hydrogens (tertiary/aromatic N) is 4. The van der Waals surface area contributed by atoms with E-state index in [9.17, 15) is 4.79 Å². The number of hydrogen-bond acceptors (Lipinski definition) is 6. The molecule has 1 N–H and O–H groups in total. The Kier molecular flexibility index (Phi) is 5.47. The number of ether oxygens (including phenoxy) is 1. The zero-order chi connectivity index (χ0) is 16.8. The van der Waals surface area contributed by atoms with E-state index in [1.807, 2.05) is 35.5 Å². The van der Waals surface area contributed by atoms with Gasteiger partial charge in [0.15, 0.2) is 5.13 Å². The molecule has 3 heterocycles. The number of carbonyl (C=O) groups excluding carboxylic acids is 1. The molecule has 0 bridgehead atoms. The minimum atomic E-state index is -0.0384. The third-order valence-electron chi connectivity index (χ3n) is 3.79. The smallest absolute Gasteiger partial charge is 0.317 e. The van der Waals surface area contributed by atoms with Crippen molar-refractivity contribution in [3.05, 3.63) is 35.5 Å². The predicted octanol–water partition coefficient (Wildman–Crippen LogP) is 1.97. The molecule has 1 fully saturated rings. The first kappa shape index (κ1) is 16.5. The van der Waals surface area contributed by atoms with Gasteiger partial charge in [0.2, 0.25) is 5.88 Å². The average molecular weight is 347 g/mol. The van der Waals surface area contributed by atoms with Crippen molar-refractivity contribution in [3.63, 3.8) is 0 Å². The van der Waals surface area contributed by atoms with Crippen LogP contribution in [-0.2, 0) is 6.54 Å². The summed E-state index contributed by atoms with van der Waals surface area (Å²) >= 11 is 1.63. The quantitative estimate of drug-likeness (QED) is 0.895. The number of thiazole rings is 1. The first-order chi connectivity index (χ1) is 11.8. The minimum absolute atomic E-state index is 0.0384. The van der Waals surface area contributed by atoms with E-state index in [0.29, 0.717) is 32.1 Å². The van der Waals surface area contributed by atoms with Crippen molar-refractivity contribution in [1.29, 1.82) is 0 Å². The van der Waals surface area contributed by atoms with Gasteiger partial charge in [-0.05, 0) is 18.6 Å². The van der Waals surface area contributed by atoms with Gasteiger partial charge in [-0.25, -0.2) is 14.8 Å². The molecule has 24 heavy (non-hydrogen) atoms. The van der Waals surface area contributed by atoms with Crippen LogP contribution in [0.1, 0.15) is 12.5 Å². The Morgan fingerprint density at radius 3 is 2.83 bits per heavy atom. The molecular weight excluding hydrogens is 326 g/mol. The van der Waals surface area contributed by atoms with Crippen LogP contribution in [0, 0.1) is 0 Å². The molecule has 0 aliphatic carbocycles. The fraction of sp³-hybridized carbons (Fsp3) is 0.438. The molecule has 8 heteroatoms. The molecule has 3 rings (SSSR count). The van der Waals surface area contributed by atoms with Gasteiger partial charge in [-0.3, -0.25) is 0 Å². The van der Waals surface area contributed by atoms with Crippen LogP contribution in [0.3, 0.4) is 0 Å². The van der Waals surface area contributed by atoms with Crippen LogP contribution < -0.4 is 15.0 Å². The van der Waals surface area contributed by atoms with E-state index in [1.165, 1.54) is 0 Å². The molecule has 2 aromatic rings. The SMILES string of the molecule is CCOc1cc(CNC(=O)N2CCN(c3nccs3)CC2)ccn1. The summed E-state index contributed by atoms with van der Waals surface area (Å²) in [5, 5.41) is 5.96. The van der Waals surface area contributed by atoms with Crippen LogP contribution in [0.4, 0.5) is 9.93 Å². The highest BCUT2D eigenvalue weighted by molar-refractivity contribution is 7.13. The van der Waals surface area contributed by atoms with Crippen molar-refractivity contribution < 1.29 is 9.53 Å². The van der Waals surface area contributed by atoms with E-state index in [-0.39, 0.29) is 6.03 Å². The standard InChI is InChI=1S/C16H21N5O2S/c1-2-23-14-11-13(3-4-17-14)12-19-15(22)20-6-8-21(9-7-20)16-18-5-10-24-16/h3-5,10-11H,2,6-9,12H2,1H3,(H,19,22). The number of hydrogen-bond donors (Lipinski definition) is 1. The summed E-state index contributed by atoms with van der Waals surface area (Å²) in [5.74, 6) is 0.585. The van der Waals surface area contributed by atoms with E-state index < -0.39 is 0 Å². The maximum Gasteiger partial charge on any atom is 0.317 e. The second kappa shape index (κ2) is 7.96. The lowest BCUT2D eigenvalue weighted by Crippen LogP contribution is -2.51. The van der Waals surface area contributed by atoms with Gasteiger partial charge in [0.25, 0.3) is 0 Å². The fourth-order valence-corrected chi connectivity index (χ4v) is 3.25. The summed E-state index contributed by atoms with van der Waals surface area (Å²) in [6.45, 7) is 5.98. The van der Waals surface area contributed by atoms with Gasteiger partial charge in [0.05, 0.1) is 6.61 Å². The molecule has 1 saturated heterocycles. The molecule has 0 atom stereocenters. The van der Waals surface area contributed by atoms with Crippen LogP contribution in [0.25, 0.3) is 0 Å². The molecule has 1 aliphatic heterocycles. The third kappa shape index (κ3) is 4.14. The highest BCUT2D eigenvalue weighted by atomic mass is 32.1. The van der Waals surface area contributed by atoms with Crippen molar-refractivity contribution in [1.82, 2.24) is 20.2 Å². The van der Waals surface area contributed by atoms with Gasteiger partial charge in [0, 0.05) is 56.6 Å². The zero-order valence-corrected chi connectivity index (χ0v) is 14.5. The van der Waals surface area contributed by atoms with Gasteiger partial charge >= 0.3 is 6.03 Å². The number of amides is 2. The van der Waals surface area contributed by atoms with E-state index in [1.54, 1.807) is 17.5 Å². The summed E-state index contributed by atoms with van der Waals surface area (Å²) < 4.78 is 5.37. The number of rotatable bonds is 5. The monoisotopic (exact) mass is 347 g/mol. The molecule has 2 aromatic heterocycles. The lowest BCUT2D eigenvalue weighted by molar-refractivity contribution is 0.194. The molecule has 0 radical (unpaired) electrons. The molecule has 0 saturated carbocycles. The number of aromatic nitrogens is 2. The van der Waals surface area contributed by atoms with Crippen LogP contribution in [0.2, 0.25) is 0 Å². The van der Waals surface area contributed by atoms with Crippen molar-refractivity contribution >= 4 is 22.5 Å². The molecule has 0 spiro atoms. The number of carbonyl (C=O) groups is 1. The molecule has 0 aromatic carbocycles. The summed E-state index contributed by atoms with van der Waals surface area (Å²) in [7, 11) is 0. The van der Waals surface area contributed by atoms with E-state index in [2.05, 4.69) is 20.2 Å². The summed E-state index contributed by atoms with van der Waals surface area (Å²) in [6.07, 6.45) is 3.50. The Labute approximate surface area is 145 Å². The number of pyridine rings is 1. The number of nitrogens with one attached hydrogen (secondary N) is 1. The zero-order valence-electron chi connectivity index (χ0n) is 13.6. The van der Waals surface area contributed by atoms with Crippen LogP contribution in [0.5, 0.6) is 5.88 Å². The van der Waals surface area contributed by atoms with Crippen molar-refractivity contribution in [2.24, 2.45) is 0 Å². The van der Waals surface area contributed by atoms with E-state index in [0.717, 1.165) is 23.8 Å². The van der Waals surface area contributed by atoms with Gasteiger partial charge in [0.1, 0.15) is 0 Å². The summed E-state index contributed by atoms with van der Waals surface area (Å²) in [6, 6.07) is 3.69. The normalized spacial score (nSPS) is 14.5. The Hall–Kier alpha value is -2.35. The van der Waals surface area contributed by atoms with Gasteiger partial charge < -0.3 is 19.9 Å². The predicted molar refractivity (Wildman–Crippen MR) is 93.5 cm³/mol. The maximum atomic E-state index is 12.3. The lowest BCUT2D eigenvalue weighted by Gasteiger charge is -2.34. The van der Waals surface area contributed by atoms with Crippen molar-refractivity contribution in [3.8, 4) is 5.88 Å². The second-order valence-electron chi connectivity index (χ2n) is 5.38. The van der Waals surface area contributed by atoms with Crippen molar-refractivity contribution in [2.45, 2.75) is 13.5 Å². The Bertz CT molecular complexity index is 656. The summed E-state index contributed by atoms with van der Waals surface area (Å²) in [4.78, 5) is 24.8. The van der Waals surface area contributed by atoms with Crippen molar-refractivity contribution in [2.75, 3.05) is 37.7 Å². The maximum absolute atomic E-state index is 12.3. The topological polar surface area (TPSA) is 70.6 Å². The number of piperazine rings is 1. The molecule has 7 nitrogen and oxygen atoms in total. The van der Waals surface area contributed by atoms with Crippen LogP contribution in [-0.4, -0.2) is 53.7 Å². The number of urea groups is 1. The third-order valence-corrected chi connectivity index (χ3v) is 4.62. The second-order valence-corrected chi connectivity index (χ2v) is 6.26. The molecule has 0 unspecified atom stereocenters. The molecular formula is C16H21N5O2S. The first-order valence-electron chi connectivity index (χ1n) is 8.01. The highest BCUT2D eigenvalue weighted by Crippen LogP contribution is 2.18. The highest BCUT2D eigenvalue weighted by Gasteiger charge is 2.22. The minimum Gasteiger partial charge on any atom is -0.478 e. The lowest BCUT2D eigenvalue weighted by atomic mass is 10.2. The van der Waals surface area contributed by atoms with E-state index >= 15 is 0 Å². The fourth-order valence-electron chi connectivity index (χ4n) is 2.55. The van der Waals surface area contributed by atoms with Gasteiger partial charge in [-0.15, -0.1) is 11.3 Å². The first-order valence-corrected chi connectivity index (χ1v) is 8.89. The Morgan fingerprint density at radius 1 is 1.29 bits per heavy atom. The molecule has 1 aliphatic rings.